The third kappa shape index (κ3) is 3.25. The first kappa shape index (κ1) is 15.6. The number of carboxylic acids is 1. The Morgan fingerprint density at radius 2 is 1.96 bits per heavy atom. The number of hydrogen-bond acceptors (Lipinski definition) is 4. The van der Waals surface area contributed by atoms with Crippen molar-refractivity contribution < 1.29 is 23.8 Å². The number of aromatic carboxylic acids is 1. The average Bonchev–Trinajstić information content (AvgIpc) is 3.05. The van der Waals surface area contributed by atoms with Gasteiger partial charge in [0.2, 0.25) is 0 Å². The van der Waals surface area contributed by atoms with Crippen LogP contribution in [0.2, 0.25) is 0 Å². The molecule has 0 bridgehead atoms. The first-order valence-electron chi connectivity index (χ1n) is 7.04. The summed E-state index contributed by atoms with van der Waals surface area (Å²) in [6.45, 7) is 0.937. The lowest BCUT2D eigenvalue weighted by molar-refractivity contribution is -0.0241. The molecular weight excluding hydrogens is 321 g/mol. The van der Waals surface area contributed by atoms with Gasteiger partial charge in [-0.3, -0.25) is 4.79 Å². The maximum absolute atomic E-state index is 13.9. The summed E-state index contributed by atoms with van der Waals surface area (Å²) in [6.07, 6.45) is -0.521. The monoisotopic (exact) mass is 335 g/mol. The highest BCUT2D eigenvalue weighted by atomic mass is 32.1. The normalized spacial score (nSPS) is 18.0. The summed E-state index contributed by atoms with van der Waals surface area (Å²) in [5.74, 6) is -1.68. The summed E-state index contributed by atoms with van der Waals surface area (Å²) in [7, 11) is 0. The summed E-state index contributed by atoms with van der Waals surface area (Å²) >= 11 is 0.937. The van der Waals surface area contributed by atoms with E-state index in [1.54, 1.807) is 23.1 Å². The molecule has 23 heavy (non-hydrogen) atoms. The molecule has 2 aromatic rings. The number of nitrogens with zero attached hydrogens (tertiary/aromatic N) is 1. The van der Waals surface area contributed by atoms with Crippen LogP contribution in [0.1, 0.15) is 31.0 Å². The maximum Gasteiger partial charge on any atom is 0.345 e. The topological polar surface area (TPSA) is 66.8 Å². The minimum atomic E-state index is -1.06. The molecule has 1 amide bonds. The molecule has 1 aromatic carbocycles. The van der Waals surface area contributed by atoms with Crippen molar-refractivity contribution in [2.75, 3.05) is 19.7 Å². The number of carboxylic acid groups (broad SMARTS) is 1. The van der Waals surface area contributed by atoms with Crippen LogP contribution in [-0.2, 0) is 4.74 Å². The zero-order valence-electron chi connectivity index (χ0n) is 12.1. The Balaban J connectivity index is 1.76. The highest BCUT2D eigenvalue weighted by molar-refractivity contribution is 7.15. The molecule has 1 aliphatic heterocycles. The second-order valence-electron chi connectivity index (χ2n) is 5.10. The predicted molar refractivity (Wildman–Crippen MR) is 82.3 cm³/mol. The van der Waals surface area contributed by atoms with E-state index in [-0.39, 0.29) is 23.1 Å². The Kier molecular flexibility index (Phi) is 4.40. The van der Waals surface area contributed by atoms with Crippen molar-refractivity contribution in [3.63, 3.8) is 0 Å². The van der Waals surface area contributed by atoms with E-state index in [1.165, 1.54) is 18.2 Å². The summed E-state index contributed by atoms with van der Waals surface area (Å²) in [4.78, 5) is 25.4. The number of benzene rings is 1. The molecule has 5 nitrogen and oxygen atoms in total. The van der Waals surface area contributed by atoms with Gasteiger partial charge in [-0.1, -0.05) is 18.2 Å². The molecule has 0 spiro atoms. The molecule has 0 aliphatic carbocycles. The van der Waals surface area contributed by atoms with E-state index in [2.05, 4.69) is 0 Å². The Bertz CT molecular complexity index is 745. The van der Waals surface area contributed by atoms with Gasteiger partial charge in [0, 0.05) is 12.1 Å². The van der Waals surface area contributed by atoms with E-state index in [9.17, 15) is 14.0 Å². The van der Waals surface area contributed by atoms with Gasteiger partial charge < -0.3 is 14.7 Å². The Morgan fingerprint density at radius 3 is 2.65 bits per heavy atom. The zero-order chi connectivity index (χ0) is 16.4. The molecule has 0 radical (unpaired) electrons. The van der Waals surface area contributed by atoms with Gasteiger partial charge in [0.25, 0.3) is 5.91 Å². The summed E-state index contributed by atoms with van der Waals surface area (Å²) in [5.41, 5.74) is 0.419. The highest BCUT2D eigenvalue weighted by Gasteiger charge is 2.28. The molecule has 1 saturated heterocycles. The van der Waals surface area contributed by atoms with E-state index in [0.717, 1.165) is 11.3 Å². The Hall–Kier alpha value is -2.25. The average molecular weight is 335 g/mol. The standard InChI is InChI=1S/C16H14FNO4S/c17-11-4-2-1-3-10(11)12-9-18(7-8-22-12)15(19)13-5-6-14(23-13)16(20)21/h1-6,12H,7-9H2,(H,20,21)/t12-/m0/s1. The Morgan fingerprint density at radius 1 is 1.22 bits per heavy atom. The van der Waals surface area contributed by atoms with Crippen molar-refractivity contribution in [1.29, 1.82) is 0 Å². The van der Waals surface area contributed by atoms with Crippen LogP contribution in [0.15, 0.2) is 36.4 Å². The quantitative estimate of drug-likeness (QED) is 0.937. The van der Waals surface area contributed by atoms with Crippen molar-refractivity contribution in [2.45, 2.75) is 6.10 Å². The van der Waals surface area contributed by atoms with Crippen molar-refractivity contribution in [1.82, 2.24) is 4.90 Å². The lowest BCUT2D eigenvalue weighted by atomic mass is 10.1. The van der Waals surface area contributed by atoms with Crippen LogP contribution >= 0.6 is 11.3 Å². The second kappa shape index (κ2) is 6.47. The number of hydrogen-bond donors (Lipinski definition) is 1. The number of morpholine rings is 1. The molecule has 1 atom stereocenters. The number of amides is 1. The van der Waals surface area contributed by atoms with Crippen LogP contribution in [0.3, 0.4) is 0 Å². The van der Waals surface area contributed by atoms with Gasteiger partial charge in [-0.2, -0.15) is 0 Å². The first-order valence-corrected chi connectivity index (χ1v) is 7.86. The van der Waals surface area contributed by atoms with Gasteiger partial charge in [0.1, 0.15) is 16.8 Å². The molecule has 0 saturated carbocycles. The van der Waals surface area contributed by atoms with Gasteiger partial charge in [0.05, 0.1) is 18.0 Å². The third-order valence-corrected chi connectivity index (χ3v) is 4.69. The van der Waals surface area contributed by atoms with Crippen LogP contribution in [0.4, 0.5) is 4.39 Å². The van der Waals surface area contributed by atoms with Gasteiger partial charge >= 0.3 is 5.97 Å². The Labute approximate surface area is 135 Å². The lowest BCUT2D eigenvalue weighted by Gasteiger charge is -2.33. The molecule has 1 fully saturated rings. The van der Waals surface area contributed by atoms with E-state index in [4.69, 9.17) is 9.84 Å². The number of carbonyl (C=O) groups is 2. The number of carbonyl (C=O) groups excluding carboxylic acids is 1. The summed E-state index contributed by atoms with van der Waals surface area (Å²) in [5, 5.41) is 8.94. The minimum Gasteiger partial charge on any atom is -0.477 e. The minimum absolute atomic E-state index is 0.118. The van der Waals surface area contributed by atoms with Gasteiger partial charge in [-0.15, -0.1) is 11.3 Å². The lowest BCUT2D eigenvalue weighted by Crippen LogP contribution is -2.42. The van der Waals surface area contributed by atoms with E-state index in [0.29, 0.717) is 23.6 Å². The van der Waals surface area contributed by atoms with Crippen LogP contribution < -0.4 is 0 Å². The van der Waals surface area contributed by atoms with Gasteiger partial charge in [-0.05, 0) is 18.2 Å². The summed E-state index contributed by atoms with van der Waals surface area (Å²) in [6, 6.07) is 9.24. The van der Waals surface area contributed by atoms with Crippen LogP contribution in [-0.4, -0.2) is 41.6 Å². The van der Waals surface area contributed by atoms with Gasteiger partial charge in [-0.25, -0.2) is 9.18 Å². The molecule has 120 valence electrons. The predicted octanol–water partition coefficient (Wildman–Crippen LogP) is 2.80. The molecule has 3 rings (SSSR count). The smallest absolute Gasteiger partial charge is 0.345 e. The number of halogens is 1. The molecule has 0 unspecified atom stereocenters. The number of rotatable bonds is 3. The van der Waals surface area contributed by atoms with Crippen LogP contribution in [0.5, 0.6) is 0 Å². The molecular formula is C16H14FNO4S. The SMILES string of the molecule is O=C(O)c1ccc(C(=O)N2CCO[C@H](c3ccccc3F)C2)s1. The van der Waals surface area contributed by atoms with Gasteiger partial charge in [0.15, 0.2) is 0 Å². The summed E-state index contributed by atoms with van der Waals surface area (Å²) < 4.78 is 19.5. The number of ether oxygens (including phenoxy) is 1. The maximum atomic E-state index is 13.9. The van der Waals surface area contributed by atoms with E-state index in [1.807, 2.05) is 0 Å². The molecule has 1 aliphatic rings. The molecule has 2 heterocycles. The fourth-order valence-electron chi connectivity index (χ4n) is 2.48. The van der Waals surface area contributed by atoms with Crippen LogP contribution in [0, 0.1) is 5.82 Å². The van der Waals surface area contributed by atoms with Crippen LogP contribution in [0.25, 0.3) is 0 Å². The largest absolute Gasteiger partial charge is 0.477 e. The van der Waals surface area contributed by atoms with Crippen molar-refractivity contribution in [3.05, 3.63) is 57.5 Å². The first-order chi connectivity index (χ1) is 11.1. The fraction of sp³-hybridized carbons (Fsp3) is 0.250. The van der Waals surface area contributed by atoms with E-state index < -0.39 is 12.1 Å². The number of thiophene rings is 1. The molecule has 7 heteroatoms. The second-order valence-corrected chi connectivity index (χ2v) is 6.18. The highest BCUT2D eigenvalue weighted by Crippen LogP contribution is 2.26. The molecule has 1 N–H and O–H groups in total. The fourth-order valence-corrected chi connectivity index (χ4v) is 3.29. The van der Waals surface area contributed by atoms with Crippen molar-refractivity contribution in [2.24, 2.45) is 0 Å². The zero-order valence-corrected chi connectivity index (χ0v) is 12.9. The van der Waals surface area contributed by atoms with Crippen molar-refractivity contribution >= 4 is 23.2 Å². The molecule has 1 aromatic heterocycles. The van der Waals surface area contributed by atoms with E-state index >= 15 is 0 Å². The third-order valence-electron chi connectivity index (χ3n) is 3.63. The van der Waals surface area contributed by atoms with Crippen molar-refractivity contribution in [3.8, 4) is 0 Å².